The van der Waals surface area contributed by atoms with Gasteiger partial charge in [-0.3, -0.25) is 0 Å². The number of hydrogen-bond donors (Lipinski definition) is 0. The van der Waals surface area contributed by atoms with Crippen LogP contribution in [-0.2, 0) is 12.8 Å². The molecule has 0 saturated carbocycles. The maximum absolute atomic E-state index is 10.6. The quantitative estimate of drug-likeness (QED) is 0.184. The van der Waals surface area contributed by atoms with Crippen LogP contribution in [0, 0.1) is 18.3 Å². The van der Waals surface area contributed by atoms with Crippen molar-refractivity contribution >= 4 is 43.7 Å². The van der Waals surface area contributed by atoms with E-state index in [9.17, 15) is 5.26 Å². The minimum Gasteiger partial charge on any atom is -0.454 e. The number of para-hydroxylation sites is 2. The molecule has 2 heterocycles. The molecule has 0 N–H and O–H groups in total. The summed E-state index contributed by atoms with van der Waals surface area (Å²) in [4.78, 5) is 0. The molecular weight excluding hydrogens is 597 g/mol. The number of hydrogen-bond acceptors (Lipinski definition) is 2. The third-order valence-corrected chi connectivity index (χ3v) is 9.99. The first-order valence-corrected chi connectivity index (χ1v) is 16.8. The smallest absolute Gasteiger partial charge is 0.160 e. The average molecular weight is 629 g/mol. The molecule has 2 aromatic heterocycles. The molecule has 0 aliphatic rings. The maximum Gasteiger partial charge on any atom is 0.160 e. The zero-order valence-corrected chi connectivity index (χ0v) is 27.2. The van der Waals surface area contributed by atoms with Crippen LogP contribution in [0.3, 0.4) is 0 Å². The van der Waals surface area contributed by atoms with Crippen LogP contribution in [-0.4, -0.2) is 4.57 Å². The topological polar surface area (TPSA) is 41.9 Å². The van der Waals surface area contributed by atoms with Gasteiger partial charge in [0.2, 0.25) is 0 Å². The van der Waals surface area contributed by atoms with Crippen molar-refractivity contribution in [2.24, 2.45) is 0 Å². The van der Waals surface area contributed by atoms with E-state index < -0.39 is 0 Å². The Bertz CT molecular complexity index is 2750. The fourth-order valence-electron chi connectivity index (χ4n) is 7.64. The SMILES string of the molecule is Cc1ccccc1-c1ccccc1CCc1ccccc1-c1ccc(-n2c3ccccc3c3ccc4c5ccccc5oc4c32)cc1C#N. The van der Waals surface area contributed by atoms with Crippen molar-refractivity contribution in [1.29, 1.82) is 5.26 Å². The van der Waals surface area contributed by atoms with Crippen molar-refractivity contribution in [1.82, 2.24) is 4.57 Å². The second-order valence-electron chi connectivity index (χ2n) is 12.8. The van der Waals surface area contributed by atoms with E-state index in [0.29, 0.717) is 5.56 Å². The van der Waals surface area contributed by atoms with Crippen LogP contribution in [0.15, 0.2) is 156 Å². The molecule has 0 fully saturated rings. The number of furan rings is 1. The second kappa shape index (κ2) is 11.7. The van der Waals surface area contributed by atoms with E-state index in [1.807, 2.05) is 18.2 Å². The van der Waals surface area contributed by atoms with Gasteiger partial charge in [0.15, 0.2) is 5.58 Å². The van der Waals surface area contributed by atoms with Crippen molar-refractivity contribution in [3.63, 3.8) is 0 Å². The van der Waals surface area contributed by atoms with Crippen LogP contribution in [0.25, 0.3) is 71.7 Å². The highest BCUT2D eigenvalue weighted by atomic mass is 16.3. The predicted molar refractivity (Wildman–Crippen MR) is 202 cm³/mol. The fourth-order valence-corrected chi connectivity index (χ4v) is 7.64. The molecule has 49 heavy (non-hydrogen) atoms. The van der Waals surface area contributed by atoms with Crippen LogP contribution in [0.2, 0.25) is 0 Å². The van der Waals surface area contributed by atoms with E-state index in [2.05, 4.69) is 151 Å². The van der Waals surface area contributed by atoms with Crippen LogP contribution in [0.1, 0.15) is 22.3 Å². The van der Waals surface area contributed by atoms with Crippen molar-refractivity contribution in [3.8, 4) is 34.0 Å². The molecule has 0 saturated heterocycles. The molecule has 0 aliphatic heterocycles. The first-order valence-electron chi connectivity index (χ1n) is 16.8. The zero-order chi connectivity index (χ0) is 32.9. The van der Waals surface area contributed by atoms with Gasteiger partial charge < -0.3 is 8.98 Å². The highest BCUT2D eigenvalue weighted by Gasteiger charge is 2.20. The summed E-state index contributed by atoms with van der Waals surface area (Å²) in [6.45, 7) is 2.17. The molecule has 3 heteroatoms. The molecule has 9 aromatic rings. The lowest BCUT2D eigenvalue weighted by Gasteiger charge is -2.15. The molecule has 0 spiro atoms. The molecule has 0 radical (unpaired) electrons. The molecule has 9 rings (SSSR count). The van der Waals surface area contributed by atoms with E-state index in [0.717, 1.165) is 73.4 Å². The lowest BCUT2D eigenvalue weighted by Crippen LogP contribution is -1.99. The summed E-state index contributed by atoms with van der Waals surface area (Å²) in [5.74, 6) is 0. The Morgan fingerprint density at radius 3 is 1.92 bits per heavy atom. The summed E-state index contributed by atoms with van der Waals surface area (Å²) in [7, 11) is 0. The summed E-state index contributed by atoms with van der Waals surface area (Å²) >= 11 is 0. The number of nitrogens with zero attached hydrogens (tertiary/aromatic N) is 2. The lowest BCUT2D eigenvalue weighted by molar-refractivity contribution is 0.671. The van der Waals surface area contributed by atoms with Crippen LogP contribution >= 0.6 is 0 Å². The van der Waals surface area contributed by atoms with Crippen LogP contribution in [0.4, 0.5) is 0 Å². The predicted octanol–water partition coefficient (Wildman–Crippen LogP) is 12.0. The standard InChI is InChI=1S/C46H32N2O/c1-30-12-2-5-15-35(30)36-16-6-3-13-31(36)22-23-32-14-4-7-17-37(32)38-25-24-34(28-33(38)29-47)48-43-20-10-8-18-39(43)41-26-27-42-40-19-9-11-21-44(40)49-46(42)45(41)48/h2-21,24-28H,22-23H2,1H3. The number of rotatable bonds is 6. The molecule has 0 bridgehead atoms. The van der Waals surface area contributed by atoms with E-state index in [4.69, 9.17) is 4.42 Å². The second-order valence-corrected chi connectivity index (χ2v) is 12.8. The highest BCUT2D eigenvalue weighted by molar-refractivity contribution is 6.21. The third-order valence-electron chi connectivity index (χ3n) is 9.99. The number of aromatic nitrogens is 1. The molecule has 232 valence electrons. The molecule has 0 amide bonds. The van der Waals surface area contributed by atoms with Gasteiger partial charge in [-0.15, -0.1) is 0 Å². The summed E-state index contributed by atoms with van der Waals surface area (Å²) in [6.07, 6.45) is 1.76. The van der Waals surface area contributed by atoms with Crippen molar-refractivity contribution in [3.05, 3.63) is 174 Å². The number of benzene rings is 7. The van der Waals surface area contributed by atoms with E-state index in [1.54, 1.807) is 0 Å². The Labute approximate surface area is 284 Å². The number of aryl methyl sites for hydroxylation is 3. The Hall–Kier alpha value is -6.37. The van der Waals surface area contributed by atoms with Gasteiger partial charge in [-0.05, 0) is 89.0 Å². The molecular formula is C46H32N2O. The Morgan fingerprint density at radius 1 is 0.551 bits per heavy atom. The molecule has 0 unspecified atom stereocenters. The van der Waals surface area contributed by atoms with Crippen molar-refractivity contribution < 1.29 is 4.42 Å². The highest BCUT2D eigenvalue weighted by Crippen LogP contribution is 2.41. The summed E-state index contributed by atoms with van der Waals surface area (Å²) in [6, 6.07) is 55.7. The van der Waals surface area contributed by atoms with Gasteiger partial charge in [-0.1, -0.05) is 121 Å². The average Bonchev–Trinajstić information content (AvgIpc) is 3.70. The molecule has 0 aliphatic carbocycles. The maximum atomic E-state index is 10.6. The molecule has 7 aromatic carbocycles. The van der Waals surface area contributed by atoms with Gasteiger partial charge in [-0.25, -0.2) is 0 Å². The van der Waals surface area contributed by atoms with Gasteiger partial charge in [0, 0.05) is 27.2 Å². The normalized spacial score (nSPS) is 11.5. The molecule has 0 atom stereocenters. The van der Waals surface area contributed by atoms with Gasteiger partial charge in [0.05, 0.1) is 22.7 Å². The van der Waals surface area contributed by atoms with E-state index >= 15 is 0 Å². The third kappa shape index (κ3) is 4.73. The van der Waals surface area contributed by atoms with Gasteiger partial charge in [-0.2, -0.15) is 5.26 Å². The zero-order valence-electron chi connectivity index (χ0n) is 27.2. The Morgan fingerprint density at radius 2 is 1.16 bits per heavy atom. The minimum atomic E-state index is 0.646. The van der Waals surface area contributed by atoms with Crippen LogP contribution in [0.5, 0.6) is 0 Å². The van der Waals surface area contributed by atoms with Gasteiger partial charge >= 0.3 is 0 Å². The minimum absolute atomic E-state index is 0.646. The fraction of sp³-hybridized carbons (Fsp3) is 0.0652. The largest absolute Gasteiger partial charge is 0.454 e. The van der Waals surface area contributed by atoms with Gasteiger partial charge in [0.25, 0.3) is 0 Å². The molecule has 3 nitrogen and oxygen atoms in total. The Balaban J connectivity index is 1.15. The lowest BCUT2D eigenvalue weighted by atomic mass is 9.90. The Kier molecular flexibility index (Phi) is 6.88. The first kappa shape index (κ1) is 28.8. The van der Waals surface area contributed by atoms with Crippen molar-refractivity contribution in [2.75, 3.05) is 0 Å². The van der Waals surface area contributed by atoms with E-state index in [-0.39, 0.29) is 0 Å². The first-order chi connectivity index (χ1) is 24.2. The van der Waals surface area contributed by atoms with Gasteiger partial charge in [0.1, 0.15) is 5.58 Å². The van der Waals surface area contributed by atoms with E-state index in [1.165, 1.54) is 27.8 Å². The van der Waals surface area contributed by atoms with Crippen LogP contribution < -0.4 is 0 Å². The number of nitriles is 1. The van der Waals surface area contributed by atoms with Crippen molar-refractivity contribution in [2.45, 2.75) is 19.8 Å². The summed E-state index contributed by atoms with van der Waals surface area (Å²) in [5, 5.41) is 15.1. The number of fused-ring (bicyclic) bond motifs is 7. The summed E-state index contributed by atoms with van der Waals surface area (Å²) < 4.78 is 8.80. The summed E-state index contributed by atoms with van der Waals surface area (Å²) in [5.41, 5.74) is 13.8. The monoisotopic (exact) mass is 628 g/mol.